The highest BCUT2D eigenvalue weighted by Gasteiger charge is 2.20. The van der Waals surface area contributed by atoms with Crippen molar-refractivity contribution in [3.63, 3.8) is 0 Å². The highest BCUT2D eigenvalue weighted by molar-refractivity contribution is 9.10. The maximum Gasteiger partial charge on any atom is 0.246 e. The van der Waals surface area contributed by atoms with Crippen molar-refractivity contribution >= 4 is 38.4 Å². The number of ether oxygens (including phenoxy) is 1. The maximum atomic E-state index is 12.6. The number of fused-ring (bicyclic) bond motifs is 1. The number of halogens is 1. The van der Waals surface area contributed by atoms with Gasteiger partial charge in [-0.05, 0) is 56.0 Å². The van der Waals surface area contributed by atoms with E-state index in [4.69, 9.17) is 9.15 Å². The monoisotopic (exact) mass is 453 g/mol. The third-order valence-electron chi connectivity index (χ3n) is 5.57. The molecule has 3 aromatic rings. The van der Waals surface area contributed by atoms with Crippen molar-refractivity contribution in [1.29, 1.82) is 0 Å². The van der Waals surface area contributed by atoms with Crippen molar-refractivity contribution in [2.24, 2.45) is 0 Å². The molecule has 4 rings (SSSR count). The molecule has 150 valence electrons. The smallest absolute Gasteiger partial charge is 0.246 e. The van der Waals surface area contributed by atoms with Gasteiger partial charge in [0.15, 0.2) is 0 Å². The van der Waals surface area contributed by atoms with E-state index in [0.717, 1.165) is 74.9 Å². The largest absolute Gasteiger partial charge is 0.496 e. The lowest BCUT2D eigenvalue weighted by atomic mass is 9.96. The summed E-state index contributed by atoms with van der Waals surface area (Å²) < 4.78 is 12.7. The van der Waals surface area contributed by atoms with E-state index >= 15 is 0 Å². The summed E-state index contributed by atoms with van der Waals surface area (Å²) in [4.78, 5) is 14.5. The van der Waals surface area contributed by atoms with Crippen LogP contribution in [-0.4, -0.2) is 31.0 Å². The third-order valence-corrected chi connectivity index (χ3v) is 6.06. The Labute approximate surface area is 179 Å². The molecule has 1 aliphatic heterocycles. The second kappa shape index (κ2) is 8.07. The molecule has 0 saturated carbocycles. The Kier molecular flexibility index (Phi) is 5.50. The van der Waals surface area contributed by atoms with Crippen molar-refractivity contribution < 1.29 is 13.9 Å². The Bertz CT molecular complexity index is 1110. The third kappa shape index (κ3) is 3.71. The Hall–Kier alpha value is -2.53. The molecule has 0 aliphatic carbocycles. The van der Waals surface area contributed by atoms with Crippen LogP contribution in [0, 0.1) is 6.92 Å². The lowest BCUT2D eigenvalue weighted by Gasteiger charge is -2.16. The minimum absolute atomic E-state index is 0.0687. The Balaban J connectivity index is 1.84. The van der Waals surface area contributed by atoms with Crippen molar-refractivity contribution in [3.8, 4) is 16.9 Å². The van der Waals surface area contributed by atoms with Crippen LogP contribution in [-0.2, 0) is 4.79 Å². The van der Waals surface area contributed by atoms with Crippen molar-refractivity contribution in [2.75, 3.05) is 20.2 Å². The van der Waals surface area contributed by atoms with Gasteiger partial charge in [0.2, 0.25) is 5.91 Å². The van der Waals surface area contributed by atoms with Gasteiger partial charge >= 0.3 is 0 Å². The normalized spacial score (nSPS) is 14.6. The first-order chi connectivity index (χ1) is 14.0. The van der Waals surface area contributed by atoms with Gasteiger partial charge in [0.05, 0.1) is 13.4 Å². The highest BCUT2D eigenvalue weighted by Crippen LogP contribution is 2.41. The van der Waals surface area contributed by atoms with Crippen molar-refractivity contribution in [1.82, 2.24) is 4.90 Å². The average molecular weight is 454 g/mol. The van der Waals surface area contributed by atoms with Crippen molar-refractivity contribution in [3.05, 3.63) is 58.3 Å². The number of carbonyl (C=O) groups is 1. The van der Waals surface area contributed by atoms with Crippen LogP contribution < -0.4 is 4.74 Å². The fourth-order valence-corrected chi connectivity index (χ4v) is 4.44. The Morgan fingerprint density at radius 1 is 1.24 bits per heavy atom. The molecule has 0 atom stereocenters. The standard InChI is InChI=1S/C24H24BrNO3/c1-15(11-22(27)26-9-4-5-10-26)19-13-20-21(17-7-6-8-18(25)12-17)14-29-24(20)16(2)23(19)28-3/h6-8,11-14H,4-5,9-10H2,1-3H3/b15-11+. The van der Waals surface area contributed by atoms with Crippen molar-refractivity contribution in [2.45, 2.75) is 26.7 Å². The zero-order chi connectivity index (χ0) is 20.5. The summed E-state index contributed by atoms with van der Waals surface area (Å²) >= 11 is 3.54. The van der Waals surface area contributed by atoms with E-state index in [-0.39, 0.29) is 5.91 Å². The number of benzene rings is 2. The molecule has 5 heteroatoms. The Morgan fingerprint density at radius 3 is 2.69 bits per heavy atom. The second-order valence-corrected chi connectivity index (χ2v) is 8.39. The van der Waals surface area contributed by atoms with Crippen LogP contribution in [0.2, 0.25) is 0 Å². The molecule has 1 amide bonds. The molecule has 1 aliphatic rings. The van der Waals surface area contributed by atoms with Gasteiger partial charge in [0.25, 0.3) is 0 Å². The molecular formula is C24H24BrNO3. The molecule has 1 saturated heterocycles. The number of methoxy groups -OCH3 is 1. The summed E-state index contributed by atoms with van der Waals surface area (Å²) in [5, 5.41) is 1.01. The van der Waals surface area contributed by atoms with Crippen LogP contribution in [0.3, 0.4) is 0 Å². The minimum atomic E-state index is 0.0687. The van der Waals surface area contributed by atoms with E-state index in [1.807, 2.05) is 30.9 Å². The molecule has 2 heterocycles. The van der Waals surface area contributed by atoms with E-state index in [0.29, 0.717) is 0 Å². The summed E-state index contributed by atoms with van der Waals surface area (Å²) in [6, 6.07) is 10.2. The SMILES string of the molecule is COc1c(/C(C)=C/C(=O)N2CCCC2)cc2c(-c3cccc(Br)c3)coc2c1C. The van der Waals surface area contributed by atoms with Gasteiger partial charge in [-0.3, -0.25) is 4.79 Å². The summed E-state index contributed by atoms with van der Waals surface area (Å²) in [6.07, 6.45) is 5.68. The predicted octanol–water partition coefficient (Wildman–Crippen LogP) is 6.21. The first-order valence-electron chi connectivity index (χ1n) is 9.82. The predicted molar refractivity (Wildman–Crippen MR) is 120 cm³/mol. The number of amides is 1. The molecule has 4 nitrogen and oxygen atoms in total. The number of nitrogens with zero attached hydrogens (tertiary/aromatic N) is 1. The summed E-state index contributed by atoms with van der Waals surface area (Å²) in [6.45, 7) is 5.64. The molecule has 0 N–H and O–H groups in total. The zero-order valence-electron chi connectivity index (χ0n) is 16.9. The summed E-state index contributed by atoms with van der Waals surface area (Å²) in [7, 11) is 1.66. The fourth-order valence-electron chi connectivity index (χ4n) is 4.04. The molecule has 2 aromatic carbocycles. The van der Waals surface area contributed by atoms with Gasteiger partial charge in [-0.25, -0.2) is 0 Å². The number of allylic oxidation sites excluding steroid dienone is 1. The van der Waals surface area contributed by atoms with Gasteiger partial charge in [-0.1, -0.05) is 28.1 Å². The van der Waals surface area contributed by atoms with Crippen LogP contribution in [0.25, 0.3) is 27.7 Å². The molecule has 0 radical (unpaired) electrons. The fraction of sp³-hybridized carbons (Fsp3) is 0.292. The number of hydrogen-bond donors (Lipinski definition) is 0. The van der Waals surface area contributed by atoms with Gasteiger partial charge in [0.1, 0.15) is 11.3 Å². The van der Waals surface area contributed by atoms with Crippen LogP contribution in [0.15, 0.2) is 51.6 Å². The minimum Gasteiger partial charge on any atom is -0.496 e. The molecule has 1 fully saturated rings. The quantitative estimate of drug-likeness (QED) is 0.441. The van der Waals surface area contributed by atoms with Crippen LogP contribution in [0.1, 0.15) is 30.9 Å². The second-order valence-electron chi connectivity index (χ2n) is 7.48. The van der Waals surface area contributed by atoms with Crippen LogP contribution in [0.5, 0.6) is 5.75 Å². The topological polar surface area (TPSA) is 42.7 Å². The number of likely N-dealkylation sites (tertiary alicyclic amines) is 1. The molecule has 0 bridgehead atoms. The number of aryl methyl sites for hydroxylation is 1. The highest BCUT2D eigenvalue weighted by atomic mass is 79.9. The first-order valence-corrected chi connectivity index (χ1v) is 10.6. The summed E-state index contributed by atoms with van der Waals surface area (Å²) in [5.74, 6) is 0.815. The molecule has 1 aromatic heterocycles. The van der Waals surface area contributed by atoms with E-state index in [2.05, 4.69) is 34.1 Å². The van der Waals surface area contributed by atoms with Gasteiger partial charge < -0.3 is 14.1 Å². The average Bonchev–Trinajstić information content (AvgIpc) is 3.38. The summed E-state index contributed by atoms with van der Waals surface area (Å²) in [5.41, 5.74) is 5.64. The van der Waals surface area contributed by atoms with E-state index in [1.165, 1.54) is 0 Å². The maximum absolute atomic E-state index is 12.6. The van der Waals surface area contributed by atoms with Crippen LogP contribution >= 0.6 is 15.9 Å². The van der Waals surface area contributed by atoms with Gasteiger partial charge in [-0.15, -0.1) is 0 Å². The number of rotatable bonds is 4. The molecular weight excluding hydrogens is 430 g/mol. The number of carbonyl (C=O) groups excluding carboxylic acids is 1. The van der Waals surface area contributed by atoms with E-state index in [1.54, 1.807) is 19.4 Å². The van der Waals surface area contributed by atoms with E-state index in [9.17, 15) is 4.79 Å². The molecule has 0 unspecified atom stereocenters. The number of hydrogen-bond acceptors (Lipinski definition) is 3. The van der Waals surface area contributed by atoms with Crippen LogP contribution in [0.4, 0.5) is 0 Å². The Morgan fingerprint density at radius 2 is 2.00 bits per heavy atom. The lowest BCUT2D eigenvalue weighted by Crippen LogP contribution is -2.25. The molecule has 29 heavy (non-hydrogen) atoms. The number of furan rings is 1. The molecule has 0 spiro atoms. The lowest BCUT2D eigenvalue weighted by molar-refractivity contribution is -0.124. The van der Waals surface area contributed by atoms with E-state index < -0.39 is 0 Å². The van der Waals surface area contributed by atoms with Gasteiger partial charge in [0, 0.05) is 45.7 Å². The first kappa shape index (κ1) is 19.8. The van der Waals surface area contributed by atoms with Gasteiger partial charge in [-0.2, -0.15) is 0 Å². The zero-order valence-corrected chi connectivity index (χ0v) is 18.5.